The Kier molecular flexibility index (Phi) is 5.41. The van der Waals surface area contributed by atoms with Gasteiger partial charge in [-0.3, -0.25) is 0 Å². The van der Waals surface area contributed by atoms with Crippen molar-refractivity contribution in [3.05, 3.63) is 35.4 Å². The molecule has 0 heterocycles. The third-order valence-electron chi connectivity index (χ3n) is 4.35. The van der Waals surface area contributed by atoms with Gasteiger partial charge in [0, 0.05) is 12.6 Å². The molecule has 1 fully saturated rings. The Morgan fingerprint density at radius 1 is 1.32 bits per heavy atom. The summed E-state index contributed by atoms with van der Waals surface area (Å²) >= 11 is 0. The zero-order valence-electron chi connectivity index (χ0n) is 12.5. The van der Waals surface area contributed by atoms with Gasteiger partial charge < -0.3 is 10.1 Å². The second-order valence-corrected chi connectivity index (χ2v) is 5.77. The van der Waals surface area contributed by atoms with E-state index in [0.29, 0.717) is 12.1 Å². The van der Waals surface area contributed by atoms with E-state index in [2.05, 4.69) is 50.5 Å². The van der Waals surface area contributed by atoms with Gasteiger partial charge in [-0.15, -0.1) is 0 Å². The van der Waals surface area contributed by atoms with Crippen LogP contribution in [0.2, 0.25) is 0 Å². The first-order chi connectivity index (χ1) is 9.22. The molecule has 1 aromatic rings. The zero-order valence-corrected chi connectivity index (χ0v) is 12.5. The number of rotatable bonds is 7. The van der Waals surface area contributed by atoms with E-state index in [-0.39, 0.29) is 0 Å². The highest BCUT2D eigenvalue weighted by Gasteiger charge is 2.31. The van der Waals surface area contributed by atoms with Gasteiger partial charge in [0.2, 0.25) is 0 Å². The van der Waals surface area contributed by atoms with Crippen LogP contribution in [0.1, 0.15) is 37.3 Å². The number of nitrogens with one attached hydrogen (secondary N) is 1. The fourth-order valence-corrected chi connectivity index (χ4v) is 3.05. The fraction of sp³-hybridized carbons (Fsp3) is 0.647. The summed E-state index contributed by atoms with van der Waals surface area (Å²) in [6.45, 7) is 5.15. The van der Waals surface area contributed by atoms with Gasteiger partial charge in [-0.1, -0.05) is 24.3 Å². The largest absolute Gasteiger partial charge is 0.378 e. The van der Waals surface area contributed by atoms with Crippen LogP contribution < -0.4 is 5.32 Å². The van der Waals surface area contributed by atoms with Crippen LogP contribution in [-0.4, -0.2) is 25.8 Å². The average Bonchev–Trinajstić information content (AvgIpc) is 2.37. The summed E-state index contributed by atoms with van der Waals surface area (Å²) in [6.07, 6.45) is 5.44. The summed E-state index contributed by atoms with van der Waals surface area (Å²) in [7, 11) is 2.08. The van der Waals surface area contributed by atoms with Crippen molar-refractivity contribution in [2.75, 3.05) is 13.7 Å². The Balaban J connectivity index is 1.80. The molecule has 0 aliphatic heterocycles. The van der Waals surface area contributed by atoms with Crippen molar-refractivity contribution >= 4 is 0 Å². The molecule has 1 aliphatic carbocycles. The van der Waals surface area contributed by atoms with Crippen LogP contribution in [-0.2, 0) is 11.2 Å². The lowest BCUT2D eigenvalue weighted by Gasteiger charge is -2.37. The molecule has 19 heavy (non-hydrogen) atoms. The van der Waals surface area contributed by atoms with Gasteiger partial charge in [-0.2, -0.15) is 0 Å². The number of benzene rings is 1. The van der Waals surface area contributed by atoms with Crippen LogP contribution in [0.3, 0.4) is 0 Å². The topological polar surface area (TPSA) is 21.3 Å². The molecule has 1 atom stereocenters. The van der Waals surface area contributed by atoms with E-state index in [9.17, 15) is 0 Å². The summed E-state index contributed by atoms with van der Waals surface area (Å²) in [5, 5.41) is 3.48. The molecule has 0 saturated heterocycles. The Hall–Kier alpha value is -0.860. The van der Waals surface area contributed by atoms with E-state index in [1.165, 1.54) is 30.4 Å². The molecule has 0 aromatic heterocycles. The van der Waals surface area contributed by atoms with E-state index in [1.807, 2.05) is 0 Å². The molecule has 1 saturated carbocycles. The number of ether oxygens (including phenoxy) is 1. The standard InChI is InChI=1S/C17H27NO/c1-4-19-17-10-14(11-17)9-16(18-3)12-15-8-6-5-7-13(15)2/h5-8,14,16-18H,4,9-12H2,1-3H3. The van der Waals surface area contributed by atoms with Gasteiger partial charge in [0.1, 0.15) is 0 Å². The summed E-state index contributed by atoms with van der Waals surface area (Å²) in [4.78, 5) is 0. The predicted octanol–water partition coefficient (Wildman–Crippen LogP) is 3.33. The van der Waals surface area contributed by atoms with Crippen molar-refractivity contribution in [2.45, 2.75) is 51.7 Å². The molecular formula is C17H27NO. The molecule has 0 bridgehead atoms. The van der Waals surface area contributed by atoms with E-state index < -0.39 is 0 Å². The van der Waals surface area contributed by atoms with E-state index in [0.717, 1.165) is 18.9 Å². The third-order valence-corrected chi connectivity index (χ3v) is 4.35. The van der Waals surface area contributed by atoms with E-state index >= 15 is 0 Å². The maximum Gasteiger partial charge on any atom is 0.0580 e. The first-order valence-corrected chi connectivity index (χ1v) is 7.56. The third kappa shape index (κ3) is 4.05. The van der Waals surface area contributed by atoms with Crippen molar-refractivity contribution in [1.82, 2.24) is 5.32 Å². The van der Waals surface area contributed by atoms with Crippen LogP contribution in [0.25, 0.3) is 0 Å². The molecule has 2 rings (SSSR count). The predicted molar refractivity (Wildman–Crippen MR) is 80.5 cm³/mol. The molecule has 106 valence electrons. The average molecular weight is 261 g/mol. The van der Waals surface area contributed by atoms with Crippen LogP contribution in [0.15, 0.2) is 24.3 Å². The maximum atomic E-state index is 5.64. The highest BCUT2D eigenvalue weighted by atomic mass is 16.5. The number of hydrogen-bond donors (Lipinski definition) is 1. The van der Waals surface area contributed by atoms with Gasteiger partial charge in [0.25, 0.3) is 0 Å². The van der Waals surface area contributed by atoms with Gasteiger partial charge in [-0.25, -0.2) is 0 Å². The second-order valence-electron chi connectivity index (χ2n) is 5.77. The molecule has 0 amide bonds. The van der Waals surface area contributed by atoms with Gasteiger partial charge >= 0.3 is 0 Å². The minimum Gasteiger partial charge on any atom is -0.378 e. The highest BCUT2D eigenvalue weighted by Crippen LogP contribution is 2.34. The molecule has 1 N–H and O–H groups in total. The zero-order chi connectivity index (χ0) is 13.7. The lowest BCUT2D eigenvalue weighted by Crippen LogP contribution is -2.38. The Morgan fingerprint density at radius 2 is 2.05 bits per heavy atom. The van der Waals surface area contributed by atoms with Crippen molar-refractivity contribution in [1.29, 1.82) is 0 Å². The van der Waals surface area contributed by atoms with Gasteiger partial charge in [0.05, 0.1) is 6.10 Å². The second kappa shape index (κ2) is 7.06. The highest BCUT2D eigenvalue weighted by molar-refractivity contribution is 5.26. The van der Waals surface area contributed by atoms with Gasteiger partial charge in [-0.05, 0) is 63.6 Å². The maximum absolute atomic E-state index is 5.64. The normalized spacial score (nSPS) is 23.9. The van der Waals surface area contributed by atoms with Gasteiger partial charge in [0.15, 0.2) is 0 Å². The van der Waals surface area contributed by atoms with Crippen LogP contribution >= 0.6 is 0 Å². The summed E-state index contributed by atoms with van der Waals surface area (Å²) < 4.78 is 5.64. The first-order valence-electron chi connectivity index (χ1n) is 7.56. The lowest BCUT2D eigenvalue weighted by atomic mass is 9.77. The number of hydrogen-bond acceptors (Lipinski definition) is 2. The molecule has 1 unspecified atom stereocenters. The minimum atomic E-state index is 0.533. The summed E-state index contributed by atoms with van der Waals surface area (Å²) in [5.74, 6) is 0.845. The van der Waals surface area contributed by atoms with Crippen molar-refractivity contribution in [3.8, 4) is 0 Å². The number of likely N-dealkylation sites (N-methyl/N-ethyl adjacent to an activating group) is 1. The molecule has 1 aromatic carbocycles. The molecule has 1 aliphatic rings. The summed E-state index contributed by atoms with van der Waals surface area (Å²) in [6, 6.07) is 9.31. The van der Waals surface area contributed by atoms with Crippen molar-refractivity contribution in [3.63, 3.8) is 0 Å². The monoisotopic (exact) mass is 261 g/mol. The molecular weight excluding hydrogens is 234 g/mol. The Labute approximate surface area is 117 Å². The van der Waals surface area contributed by atoms with E-state index in [1.54, 1.807) is 0 Å². The smallest absolute Gasteiger partial charge is 0.0580 e. The van der Waals surface area contributed by atoms with Crippen molar-refractivity contribution in [2.24, 2.45) is 5.92 Å². The van der Waals surface area contributed by atoms with Crippen LogP contribution in [0.5, 0.6) is 0 Å². The molecule has 2 heteroatoms. The molecule has 0 spiro atoms. The molecule has 0 radical (unpaired) electrons. The molecule has 2 nitrogen and oxygen atoms in total. The number of aryl methyl sites for hydroxylation is 1. The first kappa shape index (κ1) is 14.5. The van der Waals surface area contributed by atoms with Crippen LogP contribution in [0.4, 0.5) is 0 Å². The Morgan fingerprint density at radius 3 is 2.68 bits per heavy atom. The van der Waals surface area contributed by atoms with E-state index in [4.69, 9.17) is 4.74 Å². The lowest BCUT2D eigenvalue weighted by molar-refractivity contribution is -0.0288. The fourth-order valence-electron chi connectivity index (χ4n) is 3.05. The van der Waals surface area contributed by atoms with Crippen LogP contribution in [0, 0.1) is 12.8 Å². The quantitative estimate of drug-likeness (QED) is 0.813. The van der Waals surface area contributed by atoms with Crippen molar-refractivity contribution < 1.29 is 4.74 Å². The Bertz CT molecular complexity index is 385. The SMILES string of the molecule is CCOC1CC(CC(Cc2ccccc2C)NC)C1. The minimum absolute atomic E-state index is 0.533. The summed E-state index contributed by atoms with van der Waals surface area (Å²) in [5.41, 5.74) is 2.88.